The molecule has 1 saturated heterocycles. The molecule has 1 aromatic rings. The second-order valence-electron chi connectivity index (χ2n) is 4.76. The molecule has 0 radical (unpaired) electrons. The number of benzene rings is 1. The first-order valence-corrected chi connectivity index (χ1v) is 5.96. The van der Waals surface area contributed by atoms with E-state index in [1.54, 1.807) is 0 Å². The highest BCUT2D eigenvalue weighted by molar-refractivity contribution is 5.67. The van der Waals surface area contributed by atoms with Gasteiger partial charge in [-0.3, -0.25) is 9.69 Å². The molecule has 0 aliphatic carbocycles. The molecule has 1 fully saturated rings. The van der Waals surface area contributed by atoms with Crippen LogP contribution in [-0.4, -0.2) is 34.2 Å². The molecule has 98 valence electrons. The Bertz CT molecular complexity index is 450. The van der Waals surface area contributed by atoms with Crippen LogP contribution in [0.15, 0.2) is 18.2 Å². The summed E-state index contributed by atoms with van der Waals surface area (Å²) in [5, 5.41) is 18.3. The Labute approximate surface area is 105 Å². The lowest BCUT2D eigenvalue weighted by molar-refractivity contribution is -0.138. The smallest absolute Gasteiger partial charge is 0.303 e. The number of nitrogens with zero attached hydrogens (tertiary/aromatic N) is 1. The summed E-state index contributed by atoms with van der Waals surface area (Å²) < 4.78 is 13.1. The van der Waals surface area contributed by atoms with Crippen LogP contribution >= 0.6 is 0 Å². The lowest BCUT2D eigenvalue weighted by Crippen LogP contribution is -2.21. The quantitative estimate of drug-likeness (QED) is 0.859. The van der Waals surface area contributed by atoms with Crippen LogP contribution in [0, 0.1) is 11.7 Å². The number of halogens is 1. The molecule has 1 aromatic carbocycles. The lowest BCUT2D eigenvalue weighted by Gasteiger charge is -2.16. The molecular formula is C13H16FNO3. The zero-order chi connectivity index (χ0) is 13.1. The first kappa shape index (κ1) is 12.8. The monoisotopic (exact) mass is 253 g/mol. The second-order valence-corrected chi connectivity index (χ2v) is 4.76. The molecule has 1 heterocycles. The summed E-state index contributed by atoms with van der Waals surface area (Å²) in [6, 6.07) is 3.88. The van der Waals surface area contributed by atoms with Crippen LogP contribution in [0.5, 0.6) is 5.75 Å². The summed E-state index contributed by atoms with van der Waals surface area (Å²) >= 11 is 0. The summed E-state index contributed by atoms with van der Waals surface area (Å²) in [5.74, 6) is -0.921. The maximum absolute atomic E-state index is 13.1. The first-order valence-electron chi connectivity index (χ1n) is 5.96. The SMILES string of the molecule is O=C(O)CC1CCN(Cc2cc(F)ccc2O)C1. The van der Waals surface area contributed by atoms with Gasteiger partial charge in [-0.2, -0.15) is 0 Å². The number of aliphatic carboxylic acids is 1. The topological polar surface area (TPSA) is 60.8 Å². The minimum atomic E-state index is -0.782. The number of hydrogen-bond acceptors (Lipinski definition) is 3. The molecule has 1 aliphatic heterocycles. The van der Waals surface area contributed by atoms with Gasteiger partial charge in [0.05, 0.1) is 0 Å². The zero-order valence-corrected chi connectivity index (χ0v) is 9.97. The Morgan fingerprint density at radius 1 is 1.50 bits per heavy atom. The standard InChI is InChI=1S/C13H16FNO3/c14-11-1-2-12(16)10(6-11)8-15-4-3-9(7-15)5-13(17)18/h1-2,6,9,16H,3-5,7-8H2,(H,17,18). The number of phenolic OH excluding ortho intramolecular Hbond substituents is 1. The van der Waals surface area contributed by atoms with Crippen molar-refractivity contribution in [1.29, 1.82) is 0 Å². The molecule has 0 bridgehead atoms. The van der Waals surface area contributed by atoms with Gasteiger partial charge in [-0.1, -0.05) is 0 Å². The van der Waals surface area contributed by atoms with Crippen molar-refractivity contribution in [3.8, 4) is 5.75 Å². The van der Waals surface area contributed by atoms with Crippen LogP contribution in [0.25, 0.3) is 0 Å². The van der Waals surface area contributed by atoms with E-state index in [4.69, 9.17) is 5.11 Å². The molecule has 0 spiro atoms. The van der Waals surface area contributed by atoms with Crippen LogP contribution in [0.2, 0.25) is 0 Å². The predicted molar refractivity (Wildman–Crippen MR) is 63.7 cm³/mol. The van der Waals surface area contributed by atoms with E-state index in [-0.39, 0.29) is 23.9 Å². The van der Waals surface area contributed by atoms with Crippen molar-refractivity contribution >= 4 is 5.97 Å². The molecule has 4 nitrogen and oxygen atoms in total. The normalized spacial score (nSPS) is 20.2. The van der Waals surface area contributed by atoms with E-state index in [0.29, 0.717) is 18.7 Å². The van der Waals surface area contributed by atoms with Crippen molar-refractivity contribution in [2.24, 2.45) is 5.92 Å². The highest BCUT2D eigenvalue weighted by Crippen LogP contribution is 2.25. The summed E-state index contributed by atoms with van der Waals surface area (Å²) in [6.45, 7) is 1.93. The zero-order valence-electron chi connectivity index (χ0n) is 9.97. The van der Waals surface area contributed by atoms with E-state index in [1.807, 2.05) is 4.90 Å². The molecule has 1 unspecified atom stereocenters. The molecule has 18 heavy (non-hydrogen) atoms. The van der Waals surface area contributed by atoms with E-state index in [9.17, 15) is 14.3 Å². The molecule has 0 amide bonds. The van der Waals surface area contributed by atoms with Gasteiger partial charge >= 0.3 is 5.97 Å². The van der Waals surface area contributed by atoms with E-state index < -0.39 is 5.97 Å². The molecule has 2 N–H and O–H groups in total. The van der Waals surface area contributed by atoms with Crippen LogP contribution in [-0.2, 0) is 11.3 Å². The van der Waals surface area contributed by atoms with Crippen molar-refractivity contribution in [3.63, 3.8) is 0 Å². The van der Waals surface area contributed by atoms with Gasteiger partial charge in [0, 0.05) is 25.1 Å². The number of rotatable bonds is 4. The number of carboxylic acids is 1. The third-order valence-corrected chi connectivity index (χ3v) is 3.27. The Kier molecular flexibility index (Phi) is 3.81. The molecule has 2 rings (SSSR count). The molecule has 5 heteroatoms. The Balaban J connectivity index is 1.95. The minimum absolute atomic E-state index is 0.0816. The minimum Gasteiger partial charge on any atom is -0.508 e. The average Bonchev–Trinajstić information content (AvgIpc) is 2.70. The first-order chi connectivity index (χ1) is 8.54. The van der Waals surface area contributed by atoms with Gasteiger partial charge in [0.2, 0.25) is 0 Å². The third-order valence-electron chi connectivity index (χ3n) is 3.27. The maximum atomic E-state index is 13.1. The number of hydrogen-bond donors (Lipinski definition) is 2. The van der Waals surface area contributed by atoms with Crippen LogP contribution in [0.1, 0.15) is 18.4 Å². The summed E-state index contributed by atoms with van der Waals surface area (Å²) in [5.41, 5.74) is 0.547. The van der Waals surface area contributed by atoms with Crippen LogP contribution in [0.4, 0.5) is 4.39 Å². The van der Waals surface area contributed by atoms with Crippen molar-refractivity contribution in [1.82, 2.24) is 4.90 Å². The molecule has 0 saturated carbocycles. The second kappa shape index (κ2) is 5.35. The van der Waals surface area contributed by atoms with Gasteiger partial charge in [0.1, 0.15) is 11.6 Å². The van der Waals surface area contributed by atoms with Gasteiger partial charge in [-0.25, -0.2) is 4.39 Å². The van der Waals surface area contributed by atoms with E-state index >= 15 is 0 Å². The summed E-state index contributed by atoms with van der Waals surface area (Å²) in [4.78, 5) is 12.7. The summed E-state index contributed by atoms with van der Waals surface area (Å²) in [6.07, 6.45) is 1.01. The third kappa shape index (κ3) is 3.20. The van der Waals surface area contributed by atoms with Gasteiger partial charge in [0.25, 0.3) is 0 Å². The number of aromatic hydroxyl groups is 1. The highest BCUT2D eigenvalue weighted by Gasteiger charge is 2.24. The van der Waals surface area contributed by atoms with E-state index in [0.717, 1.165) is 13.0 Å². The van der Waals surface area contributed by atoms with Gasteiger partial charge in [-0.05, 0) is 37.1 Å². The van der Waals surface area contributed by atoms with E-state index in [1.165, 1.54) is 18.2 Å². The van der Waals surface area contributed by atoms with Crippen molar-refractivity contribution in [2.75, 3.05) is 13.1 Å². The number of phenols is 1. The fourth-order valence-corrected chi connectivity index (χ4v) is 2.39. The fraction of sp³-hybridized carbons (Fsp3) is 0.462. The number of carbonyl (C=O) groups is 1. The Morgan fingerprint density at radius 3 is 3.00 bits per heavy atom. The maximum Gasteiger partial charge on any atom is 0.303 e. The highest BCUT2D eigenvalue weighted by atomic mass is 19.1. The largest absolute Gasteiger partial charge is 0.508 e. The number of carboxylic acid groups (broad SMARTS) is 1. The van der Waals surface area contributed by atoms with Crippen molar-refractivity contribution in [2.45, 2.75) is 19.4 Å². The molecule has 1 aliphatic rings. The van der Waals surface area contributed by atoms with Crippen molar-refractivity contribution < 1.29 is 19.4 Å². The van der Waals surface area contributed by atoms with E-state index in [2.05, 4.69) is 0 Å². The van der Waals surface area contributed by atoms with Crippen LogP contribution < -0.4 is 0 Å². The number of likely N-dealkylation sites (tertiary alicyclic amines) is 1. The summed E-state index contributed by atoms with van der Waals surface area (Å²) in [7, 11) is 0. The average molecular weight is 253 g/mol. The predicted octanol–water partition coefficient (Wildman–Crippen LogP) is 1.83. The molecule has 0 aromatic heterocycles. The van der Waals surface area contributed by atoms with Gasteiger partial charge in [0.15, 0.2) is 0 Å². The fourth-order valence-electron chi connectivity index (χ4n) is 2.39. The Morgan fingerprint density at radius 2 is 2.28 bits per heavy atom. The van der Waals surface area contributed by atoms with Crippen molar-refractivity contribution in [3.05, 3.63) is 29.6 Å². The van der Waals surface area contributed by atoms with Crippen LogP contribution in [0.3, 0.4) is 0 Å². The molecular weight excluding hydrogens is 237 g/mol. The van der Waals surface area contributed by atoms with Gasteiger partial charge in [-0.15, -0.1) is 0 Å². The Hall–Kier alpha value is -1.62. The molecule has 1 atom stereocenters. The lowest BCUT2D eigenvalue weighted by atomic mass is 10.1. The van der Waals surface area contributed by atoms with Gasteiger partial charge < -0.3 is 10.2 Å².